The van der Waals surface area contributed by atoms with Crippen molar-refractivity contribution < 1.29 is 5.21 Å². The highest BCUT2D eigenvalue weighted by Crippen LogP contribution is 2.02. The van der Waals surface area contributed by atoms with Crippen molar-refractivity contribution in [2.45, 2.75) is 26.7 Å². The summed E-state index contributed by atoms with van der Waals surface area (Å²) in [7, 11) is 0. The third kappa shape index (κ3) is 8.57. The highest BCUT2D eigenvalue weighted by molar-refractivity contribution is 7.99. The van der Waals surface area contributed by atoms with Gasteiger partial charge in [0.05, 0.1) is 0 Å². The second-order valence-electron chi connectivity index (χ2n) is 3.33. The van der Waals surface area contributed by atoms with Crippen molar-refractivity contribution in [3.63, 3.8) is 0 Å². The Morgan fingerprint density at radius 3 is 2.67 bits per heavy atom. The Labute approximate surface area is 96.9 Å². The van der Waals surface area contributed by atoms with Crippen molar-refractivity contribution in [2.24, 2.45) is 10.9 Å². The molecule has 90 valence electrons. The van der Waals surface area contributed by atoms with Gasteiger partial charge in [0.25, 0.3) is 0 Å². The number of nitrogens with zero attached hydrogens (tertiary/aromatic N) is 2. The summed E-state index contributed by atoms with van der Waals surface area (Å²) in [5, 5.41) is 11.4. The lowest BCUT2D eigenvalue weighted by Crippen LogP contribution is -2.29. The van der Waals surface area contributed by atoms with Crippen LogP contribution < -0.4 is 5.73 Å². The Bertz CT molecular complexity index is 176. The molecule has 0 atom stereocenters. The number of amidine groups is 1. The van der Waals surface area contributed by atoms with Crippen molar-refractivity contribution in [1.29, 1.82) is 0 Å². The van der Waals surface area contributed by atoms with Gasteiger partial charge in [-0.1, -0.05) is 19.0 Å². The molecule has 0 heterocycles. The third-order valence-corrected chi connectivity index (χ3v) is 3.21. The molecule has 0 aliphatic carbocycles. The van der Waals surface area contributed by atoms with Crippen LogP contribution in [-0.2, 0) is 0 Å². The molecular weight excluding hydrogens is 210 g/mol. The zero-order valence-electron chi connectivity index (χ0n) is 9.78. The average Bonchev–Trinajstić information content (AvgIpc) is 2.27. The molecule has 0 unspecified atom stereocenters. The second kappa shape index (κ2) is 10.1. The van der Waals surface area contributed by atoms with Crippen molar-refractivity contribution in [3.8, 4) is 0 Å². The lowest BCUT2D eigenvalue weighted by molar-refractivity contribution is 0.291. The summed E-state index contributed by atoms with van der Waals surface area (Å²) >= 11 is 1.97. The SMILES string of the molecule is CCSCCCN(CC)CCC(N)=NO. The Kier molecular flexibility index (Phi) is 9.83. The molecule has 5 heteroatoms. The second-order valence-corrected chi connectivity index (χ2v) is 4.72. The molecule has 0 spiro atoms. The lowest BCUT2D eigenvalue weighted by atomic mass is 10.3. The Morgan fingerprint density at radius 2 is 2.13 bits per heavy atom. The summed E-state index contributed by atoms with van der Waals surface area (Å²) in [6.07, 6.45) is 1.85. The van der Waals surface area contributed by atoms with Gasteiger partial charge >= 0.3 is 0 Å². The molecule has 0 saturated heterocycles. The van der Waals surface area contributed by atoms with Crippen LogP contribution in [-0.4, -0.2) is 47.1 Å². The molecule has 4 nitrogen and oxygen atoms in total. The summed E-state index contributed by atoms with van der Waals surface area (Å²) in [5.74, 6) is 2.73. The highest BCUT2D eigenvalue weighted by Gasteiger charge is 2.03. The molecule has 0 aliphatic heterocycles. The van der Waals surface area contributed by atoms with E-state index in [0.717, 1.165) is 19.6 Å². The van der Waals surface area contributed by atoms with Gasteiger partial charge in [-0.2, -0.15) is 11.8 Å². The van der Waals surface area contributed by atoms with Gasteiger partial charge in [0.15, 0.2) is 0 Å². The standard InChI is InChI=1S/C10H23N3OS/c1-3-13(7-5-9-15-4-2)8-6-10(11)12-14/h14H,3-9H2,1-2H3,(H2,11,12). The first-order valence-electron chi connectivity index (χ1n) is 5.51. The van der Waals surface area contributed by atoms with Gasteiger partial charge < -0.3 is 15.8 Å². The fourth-order valence-electron chi connectivity index (χ4n) is 1.29. The first-order valence-corrected chi connectivity index (χ1v) is 6.66. The Hall–Kier alpha value is -0.420. The molecule has 0 aromatic rings. The molecule has 0 rings (SSSR count). The zero-order chi connectivity index (χ0) is 11.5. The van der Waals surface area contributed by atoms with Gasteiger partial charge in [-0.25, -0.2) is 0 Å². The Balaban J connectivity index is 3.55. The monoisotopic (exact) mass is 233 g/mol. The maximum absolute atomic E-state index is 8.41. The minimum atomic E-state index is 0.316. The summed E-state index contributed by atoms with van der Waals surface area (Å²) in [6.45, 7) is 7.32. The largest absolute Gasteiger partial charge is 0.409 e. The number of hydrogen-bond acceptors (Lipinski definition) is 4. The Morgan fingerprint density at radius 1 is 1.40 bits per heavy atom. The van der Waals surface area contributed by atoms with Gasteiger partial charge in [0.2, 0.25) is 0 Å². The van der Waals surface area contributed by atoms with Gasteiger partial charge in [-0.05, 0) is 31.0 Å². The lowest BCUT2D eigenvalue weighted by Gasteiger charge is -2.19. The van der Waals surface area contributed by atoms with Gasteiger partial charge in [0.1, 0.15) is 5.84 Å². The van der Waals surface area contributed by atoms with Crippen LogP contribution in [0.1, 0.15) is 26.7 Å². The first-order chi connectivity index (χ1) is 7.24. The molecule has 0 radical (unpaired) electrons. The molecule has 3 N–H and O–H groups in total. The van der Waals surface area contributed by atoms with Crippen molar-refractivity contribution in [1.82, 2.24) is 4.90 Å². The highest BCUT2D eigenvalue weighted by atomic mass is 32.2. The molecule has 0 aromatic heterocycles. The number of oxime groups is 1. The van der Waals surface area contributed by atoms with E-state index in [1.807, 2.05) is 11.8 Å². The minimum absolute atomic E-state index is 0.316. The normalized spacial score (nSPS) is 12.3. The molecular formula is C10H23N3OS. The molecule has 0 amide bonds. The predicted octanol–water partition coefficient (Wildman–Crippen LogP) is 1.59. The molecule has 0 aromatic carbocycles. The zero-order valence-corrected chi connectivity index (χ0v) is 10.6. The van der Waals surface area contributed by atoms with E-state index in [4.69, 9.17) is 10.9 Å². The number of nitrogens with two attached hydrogens (primary N) is 1. The van der Waals surface area contributed by atoms with Crippen LogP contribution >= 0.6 is 11.8 Å². The fourth-order valence-corrected chi connectivity index (χ4v) is 1.91. The maximum atomic E-state index is 8.41. The maximum Gasteiger partial charge on any atom is 0.140 e. The van der Waals surface area contributed by atoms with E-state index in [1.54, 1.807) is 0 Å². The van der Waals surface area contributed by atoms with E-state index in [1.165, 1.54) is 17.9 Å². The first kappa shape index (κ1) is 14.6. The van der Waals surface area contributed by atoms with Crippen LogP contribution in [0.3, 0.4) is 0 Å². The summed E-state index contributed by atoms with van der Waals surface area (Å²) < 4.78 is 0. The summed E-state index contributed by atoms with van der Waals surface area (Å²) in [6, 6.07) is 0. The number of hydrogen-bond donors (Lipinski definition) is 2. The van der Waals surface area contributed by atoms with E-state index < -0.39 is 0 Å². The van der Waals surface area contributed by atoms with E-state index in [2.05, 4.69) is 23.9 Å². The van der Waals surface area contributed by atoms with Crippen molar-refractivity contribution in [2.75, 3.05) is 31.1 Å². The smallest absolute Gasteiger partial charge is 0.140 e. The van der Waals surface area contributed by atoms with E-state index in [0.29, 0.717) is 12.3 Å². The topological polar surface area (TPSA) is 61.8 Å². The molecule has 0 saturated carbocycles. The van der Waals surface area contributed by atoms with Gasteiger partial charge in [-0.3, -0.25) is 0 Å². The fraction of sp³-hybridized carbons (Fsp3) is 0.900. The summed E-state index contributed by atoms with van der Waals surface area (Å²) in [4.78, 5) is 2.33. The molecule has 15 heavy (non-hydrogen) atoms. The quantitative estimate of drug-likeness (QED) is 0.209. The van der Waals surface area contributed by atoms with Crippen LogP contribution in [0.4, 0.5) is 0 Å². The van der Waals surface area contributed by atoms with Gasteiger partial charge in [0, 0.05) is 13.0 Å². The minimum Gasteiger partial charge on any atom is -0.409 e. The van der Waals surface area contributed by atoms with Crippen LogP contribution in [0.2, 0.25) is 0 Å². The summed E-state index contributed by atoms with van der Waals surface area (Å²) in [5.41, 5.74) is 5.42. The van der Waals surface area contributed by atoms with Gasteiger partial charge in [-0.15, -0.1) is 0 Å². The molecule has 0 aliphatic rings. The molecule has 0 bridgehead atoms. The third-order valence-electron chi connectivity index (χ3n) is 2.23. The van der Waals surface area contributed by atoms with Crippen molar-refractivity contribution >= 4 is 17.6 Å². The predicted molar refractivity (Wildman–Crippen MR) is 67.8 cm³/mol. The average molecular weight is 233 g/mol. The van der Waals surface area contributed by atoms with Crippen LogP contribution in [0.25, 0.3) is 0 Å². The number of thioether (sulfide) groups is 1. The van der Waals surface area contributed by atoms with Crippen LogP contribution in [0, 0.1) is 0 Å². The van der Waals surface area contributed by atoms with E-state index in [-0.39, 0.29) is 0 Å². The van der Waals surface area contributed by atoms with E-state index >= 15 is 0 Å². The van der Waals surface area contributed by atoms with Crippen molar-refractivity contribution in [3.05, 3.63) is 0 Å². The van der Waals surface area contributed by atoms with E-state index in [9.17, 15) is 0 Å². The molecule has 0 fully saturated rings. The van der Waals surface area contributed by atoms with Crippen LogP contribution in [0.5, 0.6) is 0 Å². The number of rotatable bonds is 9. The van der Waals surface area contributed by atoms with Crippen LogP contribution in [0.15, 0.2) is 5.16 Å².